The molecule has 3 heterocycles. The molecule has 3 aromatic heterocycles. The smallest absolute Gasteiger partial charge is 0.238 e. The second kappa shape index (κ2) is 7.72. The maximum absolute atomic E-state index is 9.73. The van der Waals surface area contributed by atoms with Crippen molar-refractivity contribution in [3.8, 4) is 34.7 Å². The van der Waals surface area contributed by atoms with Crippen LogP contribution < -0.4 is 4.74 Å². The van der Waals surface area contributed by atoms with E-state index < -0.39 is 0 Å². The topological polar surface area (TPSA) is 84.8 Å². The molecule has 0 radical (unpaired) electrons. The number of rotatable bonds is 6. The van der Waals surface area contributed by atoms with E-state index in [0.29, 0.717) is 29.5 Å². The van der Waals surface area contributed by atoms with Crippen LogP contribution in [0.5, 0.6) is 5.75 Å². The average molecular weight is 372 g/mol. The summed E-state index contributed by atoms with van der Waals surface area (Å²) in [6.07, 6.45) is 4.71. The Bertz CT molecular complexity index is 1110. The van der Waals surface area contributed by atoms with Gasteiger partial charge in [-0.2, -0.15) is 5.26 Å². The molecule has 0 unspecified atom stereocenters. The van der Waals surface area contributed by atoms with Crippen LogP contribution in [0.2, 0.25) is 0 Å². The van der Waals surface area contributed by atoms with E-state index >= 15 is 0 Å². The van der Waals surface area contributed by atoms with Crippen molar-refractivity contribution in [3.05, 3.63) is 72.2 Å². The van der Waals surface area contributed by atoms with Crippen molar-refractivity contribution < 1.29 is 18.0 Å². The molecule has 0 aliphatic rings. The highest BCUT2D eigenvalue weighted by atomic mass is 16.5. The number of nitriles is 1. The van der Waals surface area contributed by atoms with E-state index in [1.807, 2.05) is 31.2 Å². The van der Waals surface area contributed by atoms with Crippen molar-refractivity contribution in [2.75, 3.05) is 6.61 Å². The predicted molar refractivity (Wildman–Crippen MR) is 104 cm³/mol. The number of benzene rings is 1. The number of hydrogen-bond acceptors (Lipinski definition) is 6. The van der Waals surface area contributed by atoms with Crippen LogP contribution in [-0.4, -0.2) is 12.8 Å². The van der Waals surface area contributed by atoms with Crippen LogP contribution >= 0.6 is 0 Å². The van der Waals surface area contributed by atoms with Gasteiger partial charge >= 0.3 is 0 Å². The fraction of sp³-hybridized carbons (Fsp3) is 0.0909. The highest BCUT2D eigenvalue weighted by Crippen LogP contribution is 2.42. The van der Waals surface area contributed by atoms with Gasteiger partial charge in [-0.15, -0.1) is 0 Å². The maximum atomic E-state index is 9.73. The largest absolute Gasteiger partial charge is 0.494 e. The van der Waals surface area contributed by atoms with E-state index in [9.17, 15) is 5.26 Å². The third-order valence-corrected chi connectivity index (χ3v) is 4.04. The van der Waals surface area contributed by atoms with Gasteiger partial charge in [0, 0.05) is 6.21 Å². The fourth-order valence-corrected chi connectivity index (χ4v) is 2.80. The van der Waals surface area contributed by atoms with Crippen LogP contribution in [0.4, 0.5) is 5.88 Å². The Kier molecular flexibility index (Phi) is 4.81. The Balaban J connectivity index is 1.75. The van der Waals surface area contributed by atoms with E-state index in [2.05, 4.69) is 11.1 Å². The van der Waals surface area contributed by atoms with E-state index in [1.54, 1.807) is 36.7 Å². The molecule has 138 valence electrons. The molecule has 28 heavy (non-hydrogen) atoms. The molecule has 6 nitrogen and oxygen atoms in total. The van der Waals surface area contributed by atoms with Crippen LogP contribution in [0, 0.1) is 11.3 Å². The Labute approximate surface area is 161 Å². The summed E-state index contributed by atoms with van der Waals surface area (Å²) in [4.78, 5) is 4.39. The molecule has 0 atom stereocenters. The second-order valence-corrected chi connectivity index (χ2v) is 5.81. The molecule has 0 saturated carbocycles. The van der Waals surface area contributed by atoms with Crippen molar-refractivity contribution in [2.24, 2.45) is 4.99 Å². The maximum Gasteiger partial charge on any atom is 0.238 e. The molecular formula is C22H16N2O4. The molecule has 0 saturated heterocycles. The van der Waals surface area contributed by atoms with E-state index in [4.69, 9.17) is 18.0 Å². The summed E-state index contributed by atoms with van der Waals surface area (Å²) in [5.41, 5.74) is 1.65. The quantitative estimate of drug-likeness (QED) is 0.398. The molecule has 0 fully saturated rings. The first-order valence-electron chi connectivity index (χ1n) is 8.71. The van der Waals surface area contributed by atoms with Gasteiger partial charge in [-0.3, -0.25) is 0 Å². The Morgan fingerprint density at radius 2 is 1.75 bits per heavy atom. The predicted octanol–water partition coefficient (Wildman–Crippen LogP) is 5.82. The summed E-state index contributed by atoms with van der Waals surface area (Å²) in [6.45, 7) is 2.54. The first-order valence-corrected chi connectivity index (χ1v) is 8.71. The van der Waals surface area contributed by atoms with Gasteiger partial charge < -0.3 is 18.0 Å². The van der Waals surface area contributed by atoms with Crippen LogP contribution in [0.1, 0.15) is 18.1 Å². The number of ether oxygens (including phenoxy) is 1. The van der Waals surface area contributed by atoms with Gasteiger partial charge in [-0.1, -0.05) is 0 Å². The van der Waals surface area contributed by atoms with Gasteiger partial charge in [0.1, 0.15) is 23.1 Å². The number of nitrogens with zero attached hydrogens (tertiary/aromatic N) is 2. The molecule has 0 aliphatic heterocycles. The summed E-state index contributed by atoms with van der Waals surface area (Å²) < 4.78 is 22.3. The normalized spacial score (nSPS) is 11.0. The van der Waals surface area contributed by atoms with Gasteiger partial charge in [0.05, 0.1) is 24.7 Å². The van der Waals surface area contributed by atoms with Crippen molar-refractivity contribution >= 4 is 12.1 Å². The SMILES string of the molecule is CCOc1ccc(C=Nc2oc(-c3ccco3)c(-c3ccco3)c2C#N)cc1. The highest BCUT2D eigenvalue weighted by molar-refractivity contribution is 5.87. The summed E-state index contributed by atoms with van der Waals surface area (Å²) >= 11 is 0. The fourth-order valence-electron chi connectivity index (χ4n) is 2.80. The molecule has 6 heteroatoms. The van der Waals surface area contributed by atoms with Gasteiger partial charge in [-0.05, 0) is 61.0 Å². The number of hydrogen-bond donors (Lipinski definition) is 0. The van der Waals surface area contributed by atoms with Crippen LogP contribution in [0.3, 0.4) is 0 Å². The number of furan rings is 3. The van der Waals surface area contributed by atoms with E-state index in [1.165, 1.54) is 6.26 Å². The molecule has 0 aliphatic carbocycles. The molecule has 0 spiro atoms. The van der Waals surface area contributed by atoms with Crippen molar-refractivity contribution in [1.82, 2.24) is 0 Å². The van der Waals surface area contributed by atoms with Gasteiger partial charge in [-0.25, -0.2) is 4.99 Å². The van der Waals surface area contributed by atoms with Gasteiger partial charge in [0.25, 0.3) is 0 Å². The van der Waals surface area contributed by atoms with E-state index in [0.717, 1.165) is 11.3 Å². The minimum atomic E-state index is 0.189. The van der Waals surface area contributed by atoms with Crippen LogP contribution in [0.15, 0.2) is 79.3 Å². The Hall–Kier alpha value is -3.98. The molecule has 1 aromatic carbocycles. The molecule has 4 rings (SSSR count). The monoisotopic (exact) mass is 372 g/mol. The first-order chi connectivity index (χ1) is 13.8. The minimum Gasteiger partial charge on any atom is -0.494 e. The minimum absolute atomic E-state index is 0.189. The third kappa shape index (κ3) is 3.33. The van der Waals surface area contributed by atoms with Gasteiger partial charge in [0.2, 0.25) is 5.88 Å². The first kappa shape index (κ1) is 17.4. The van der Waals surface area contributed by atoms with Crippen molar-refractivity contribution in [1.29, 1.82) is 5.26 Å². The molecule has 0 N–H and O–H groups in total. The summed E-state index contributed by atoms with van der Waals surface area (Å²) in [6, 6.07) is 16.7. The standard InChI is InChI=1S/C22H16N2O4/c1-2-25-16-9-7-15(8-10-16)14-24-22-17(13-23)20(18-5-3-11-26-18)21(28-22)19-6-4-12-27-19/h3-12,14H,2H2,1H3. The van der Waals surface area contributed by atoms with Crippen LogP contribution in [0.25, 0.3) is 22.8 Å². The third-order valence-electron chi connectivity index (χ3n) is 4.04. The van der Waals surface area contributed by atoms with Crippen molar-refractivity contribution in [2.45, 2.75) is 6.92 Å². The lowest BCUT2D eigenvalue weighted by molar-refractivity contribution is 0.340. The van der Waals surface area contributed by atoms with Gasteiger partial charge in [0.15, 0.2) is 11.5 Å². The molecular weight excluding hydrogens is 356 g/mol. The lowest BCUT2D eigenvalue weighted by Gasteiger charge is -2.01. The lowest BCUT2D eigenvalue weighted by atomic mass is 10.1. The lowest BCUT2D eigenvalue weighted by Crippen LogP contribution is -1.91. The molecule has 4 aromatic rings. The summed E-state index contributed by atoms with van der Waals surface area (Å²) in [5, 5.41) is 9.73. The Morgan fingerprint density at radius 3 is 2.36 bits per heavy atom. The Morgan fingerprint density at radius 1 is 1.04 bits per heavy atom. The van der Waals surface area contributed by atoms with Crippen molar-refractivity contribution in [3.63, 3.8) is 0 Å². The zero-order valence-corrected chi connectivity index (χ0v) is 15.1. The van der Waals surface area contributed by atoms with E-state index in [-0.39, 0.29) is 11.4 Å². The summed E-state index contributed by atoms with van der Waals surface area (Å²) in [5.74, 6) is 2.37. The summed E-state index contributed by atoms with van der Waals surface area (Å²) in [7, 11) is 0. The second-order valence-electron chi connectivity index (χ2n) is 5.81. The zero-order valence-electron chi connectivity index (χ0n) is 15.1. The van der Waals surface area contributed by atoms with Crippen LogP contribution in [-0.2, 0) is 0 Å². The molecule has 0 bridgehead atoms. The zero-order chi connectivity index (χ0) is 19.3. The molecule has 0 amide bonds. The average Bonchev–Trinajstić information content (AvgIpc) is 3.47. The highest BCUT2D eigenvalue weighted by Gasteiger charge is 2.25. The number of aliphatic imine (C=N–C) groups is 1.